The van der Waals surface area contributed by atoms with Crippen molar-refractivity contribution in [2.75, 3.05) is 12.1 Å². The maximum atomic E-state index is 5.46. The third kappa shape index (κ3) is 4.13. The molecule has 0 spiro atoms. The van der Waals surface area contributed by atoms with Crippen LogP contribution < -0.4 is 10.3 Å². The minimum atomic E-state index is 0.435. The zero-order chi connectivity index (χ0) is 17.6. The molecule has 1 heterocycles. The summed E-state index contributed by atoms with van der Waals surface area (Å²) in [7, 11) is 0. The molecule has 3 aromatic rings. The number of aromatic amines is 1. The Morgan fingerprint density at radius 1 is 1.28 bits per heavy atom. The summed E-state index contributed by atoms with van der Waals surface area (Å²) in [4.78, 5) is 0. The van der Waals surface area contributed by atoms with Gasteiger partial charge in [-0.05, 0) is 55.9 Å². The Labute approximate surface area is 151 Å². The molecule has 25 heavy (non-hydrogen) atoms. The minimum Gasteiger partial charge on any atom is -0.494 e. The second-order valence-electron chi connectivity index (χ2n) is 5.42. The third-order valence-corrected chi connectivity index (χ3v) is 3.78. The van der Waals surface area contributed by atoms with Gasteiger partial charge in [-0.1, -0.05) is 29.8 Å². The molecule has 0 atom stereocenters. The molecule has 3 rings (SSSR count). The monoisotopic (exact) mass is 353 g/mol. The Bertz CT molecular complexity index is 927. The second-order valence-corrected chi connectivity index (χ2v) is 5.80. The highest BCUT2D eigenvalue weighted by Crippen LogP contribution is 2.20. The maximum absolute atomic E-state index is 5.46. The Morgan fingerprint density at radius 3 is 2.80 bits per heavy atom. The molecule has 0 fully saturated rings. The number of benzene rings is 2. The van der Waals surface area contributed by atoms with Crippen molar-refractivity contribution in [3.63, 3.8) is 0 Å². The molecule has 6 nitrogen and oxygen atoms in total. The van der Waals surface area contributed by atoms with E-state index in [-0.39, 0.29) is 0 Å². The average molecular weight is 353 g/mol. The van der Waals surface area contributed by atoms with Crippen LogP contribution >= 0.6 is 12.2 Å². The van der Waals surface area contributed by atoms with Gasteiger partial charge in [0.2, 0.25) is 4.77 Å². The molecule has 128 valence electrons. The normalized spacial score (nSPS) is 11.0. The molecule has 0 amide bonds. The van der Waals surface area contributed by atoms with E-state index in [0.717, 1.165) is 16.9 Å². The van der Waals surface area contributed by atoms with Crippen molar-refractivity contribution in [3.05, 3.63) is 64.4 Å². The first kappa shape index (κ1) is 16.9. The van der Waals surface area contributed by atoms with Gasteiger partial charge in [-0.25, -0.2) is 10.6 Å². The van der Waals surface area contributed by atoms with E-state index in [1.807, 2.05) is 62.4 Å². The van der Waals surface area contributed by atoms with Crippen LogP contribution in [0.15, 0.2) is 53.6 Å². The predicted octanol–water partition coefficient (Wildman–Crippen LogP) is 3.89. The molecule has 2 aromatic carbocycles. The number of H-pyrrole nitrogens is 1. The van der Waals surface area contributed by atoms with Gasteiger partial charge in [0, 0.05) is 5.56 Å². The van der Waals surface area contributed by atoms with Crippen LogP contribution in [0.2, 0.25) is 0 Å². The van der Waals surface area contributed by atoms with Gasteiger partial charge in [-0.2, -0.15) is 14.9 Å². The molecule has 0 radical (unpaired) electrons. The van der Waals surface area contributed by atoms with Gasteiger partial charge in [0.1, 0.15) is 5.75 Å². The smallest absolute Gasteiger partial charge is 0.216 e. The van der Waals surface area contributed by atoms with E-state index in [2.05, 4.69) is 20.8 Å². The Morgan fingerprint density at radius 2 is 2.08 bits per heavy atom. The molecule has 7 heteroatoms. The zero-order valence-corrected chi connectivity index (χ0v) is 14.9. The van der Waals surface area contributed by atoms with Gasteiger partial charge in [0.25, 0.3) is 0 Å². The van der Waals surface area contributed by atoms with Gasteiger partial charge in [-0.15, -0.1) is 0 Å². The molecule has 0 unspecified atom stereocenters. The fourth-order valence-electron chi connectivity index (χ4n) is 2.36. The number of nitrogens with one attached hydrogen (secondary N) is 2. The van der Waals surface area contributed by atoms with E-state index in [4.69, 9.17) is 17.0 Å². The predicted molar refractivity (Wildman–Crippen MR) is 102 cm³/mol. The number of aryl methyl sites for hydroxylation is 1. The number of hydrogen-bond donors (Lipinski definition) is 2. The van der Waals surface area contributed by atoms with E-state index < -0.39 is 0 Å². The van der Waals surface area contributed by atoms with E-state index in [1.54, 1.807) is 10.9 Å². The number of ether oxygens (including phenoxy) is 1. The number of aromatic nitrogens is 3. The zero-order valence-electron chi connectivity index (χ0n) is 14.1. The largest absolute Gasteiger partial charge is 0.494 e. The van der Waals surface area contributed by atoms with E-state index >= 15 is 0 Å². The van der Waals surface area contributed by atoms with Crippen LogP contribution in [0.5, 0.6) is 5.75 Å². The highest BCUT2D eigenvalue weighted by atomic mass is 32.1. The summed E-state index contributed by atoms with van der Waals surface area (Å²) in [6.07, 6.45) is 1.74. The Hall–Kier alpha value is -2.93. The molecule has 0 aliphatic heterocycles. The van der Waals surface area contributed by atoms with Gasteiger partial charge in [0.05, 0.1) is 12.8 Å². The molecule has 0 aliphatic rings. The molecule has 2 N–H and O–H groups in total. The van der Waals surface area contributed by atoms with Crippen molar-refractivity contribution < 1.29 is 4.74 Å². The van der Waals surface area contributed by atoms with Crippen LogP contribution in [-0.2, 0) is 0 Å². The van der Waals surface area contributed by atoms with Crippen molar-refractivity contribution in [1.29, 1.82) is 0 Å². The molecule has 0 aliphatic carbocycles. The van der Waals surface area contributed by atoms with Crippen molar-refractivity contribution in [2.24, 2.45) is 5.10 Å². The number of nitrogens with zero attached hydrogens (tertiary/aromatic N) is 3. The molecule has 1 aromatic heterocycles. The molecule has 0 saturated carbocycles. The summed E-state index contributed by atoms with van der Waals surface area (Å²) in [5, 5.41) is 11.3. The second kappa shape index (κ2) is 7.76. The topological polar surface area (TPSA) is 67.2 Å². The summed E-state index contributed by atoms with van der Waals surface area (Å²) in [5.74, 6) is 1.46. The lowest BCUT2D eigenvalue weighted by Crippen LogP contribution is -2.10. The SMILES string of the molecule is CCOc1ccc(-c2n[nH]c(=S)n2N/N=C/c2cccc(C)c2)cc1. The summed E-state index contributed by atoms with van der Waals surface area (Å²) in [6.45, 7) is 4.63. The lowest BCUT2D eigenvalue weighted by atomic mass is 10.2. The van der Waals surface area contributed by atoms with Crippen LogP contribution in [0, 0.1) is 11.7 Å². The van der Waals surface area contributed by atoms with Crippen LogP contribution in [0.3, 0.4) is 0 Å². The van der Waals surface area contributed by atoms with Gasteiger partial charge >= 0.3 is 0 Å². The summed E-state index contributed by atoms with van der Waals surface area (Å²) < 4.78 is 7.52. The summed E-state index contributed by atoms with van der Waals surface area (Å²) >= 11 is 5.27. The third-order valence-electron chi connectivity index (χ3n) is 3.51. The van der Waals surface area contributed by atoms with Crippen LogP contribution in [-0.4, -0.2) is 27.7 Å². The number of rotatable bonds is 6. The molecular formula is C18H19N5OS. The number of hydrogen-bond acceptors (Lipinski definition) is 5. The fourth-order valence-corrected chi connectivity index (χ4v) is 2.53. The first-order valence-electron chi connectivity index (χ1n) is 7.94. The van der Waals surface area contributed by atoms with E-state index in [9.17, 15) is 0 Å². The fraction of sp³-hybridized carbons (Fsp3) is 0.167. The highest BCUT2D eigenvalue weighted by molar-refractivity contribution is 7.71. The molecule has 0 bridgehead atoms. The van der Waals surface area contributed by atoms with E-state index in [1.165, 1.54) is 5.56 Å². The molecular weight excluding hydrogens is 334 g/mol. The van der Waals surface area contributed by atoms with Gasteiger partial charge < -0.3 is 4.74 Å². The van der Waals surface area contributed by atoms with Crippen LogP contribution in [0.1, 0.15) is 18.1 Å². The lowest BCUT2D eigenvalue weighted by molar-refractivity contribution is 0.340. The van der Waals surface area contributed by atoms with Crippen molar-refractivity contribution in [1.82, 2.24) is 14.9 Å². The first-order valence-corrected chi connectivity index (χ1v) is 8.34. The van der Waals surface area contributed by atoms with Crippen molar-refractivity contribution in [3.8, 4) is 17.1 Å². The van der Waals surface area contributed by atoms with Gasteiger partial charge in [-0.3, -0.25) is 0 Å². The average Bonchev–Trinajstić information content (AvgIpc) is 2.97. The van der Waals surface area contributed by atoms with Crippen LogP contribution in [0.25, 0.3) is 11.4 Å². The van der Waals surface area contributed by atoms with Crippen LogP contribution in [0.4, 0.5) is 0 Å². The van der Waals surface area contributed by atoms with Crippen molar-refractivity contribution >= 4 is 18.4 Å². The first-order chi connectivity index (χ1) is 12.2. The quantitative estimate of drug-likeness (QED) is 0.401. The maximum Gasteiger partial charge on any atom is 0.216 e. The molecule has 0 saturated heterocycles. The van der Waals surface area contributed by atoms with Crippen molar-refractivity contribution in [2.45, 2.75) is 13.8 Å². The summed E-state index contributed by atoms with van der Waals surface area (Å²) in [6, 6.07) is 15.7. The number of hydrazone groups is 1. The Balaban J connectivity index is 1.81. The lowest BCUT2D eigenvalue weighted by Gasteiger charge is -2.07. The minimum absolute atomic E-state index is 0.435. The highest BCUT2D eigenvalue weighted by Gasteiger charge is 2.08. The standard InChI is InChI=1S/C18H19N5OS/c1-3-24-16-9-7-15(8-10-16)17-20-21-18(25)23(17)22-19-12-14-6-4-5-13(2)11-14/h4-12,22H,3H2,1-2H3,(H,21,25)/b19-12+. The Kier molecular flexibility index (Phi) is 5.25. The van der Waals surface area contributed by atoms with E-state index in [0.29, 0.717) is 17.2 Å². The summed E-state index contributed by atoms with van der Waals surface area (Å²) in [5.41, 5.74) is 6.01. The van der Waals surface area contributed by atoms with Gasteiger partial charge in [0.15, 0.2) is 5.82 Å².